The Morgan fingerprint density at radius 3 is 2.62 bits per heavy atom. The summed E-state index contributed by atoms with van der Waals surface area (Å²) in [5.41, 5.74) is 1.10. The summed E-state index contributed by atoms with van der Waals surface area (Å²) in [6.45, 7) is 1.15. The highest BCUT2D eigenvalue weighted by Gasteiger charge is 2.29. The normalized spacial score (nSPS) is 15.8. The third kappa shape index (κ3) is 4.69. The Morgan fingerprint density at radius 1 is 1.21 bits per heavy atom. The van der Waals surface area contributed by atoms with E-state index in [1.54, 1.807) is 23.9 Å². The van der Waals surface area contributed by atoms with E-state index >= 15 is 0 Å². The fourth-order valence-corrected chi connectivity index (χ4v) is 4.36. The first-order chi connectivity index (χ1) is 13.9. The molecule has 29 heavy (non-hydrogen) atoms. The van der Waals surface area contributed by atoms with Crippen molar-refractivity contribution in [3.63, 3.8) is 0 Å². The minimum Gasteiger partial charge on any atom is -0.493 e. The number of aromatic nitrogens is 2. The second-order valence-electron chi connectivity index (χ2n) is 6.49. The molecule has 0 bridgehead atoms. The Morgan fingerprint density at radius 2 is 1.97 bits per heavy atom. The maximum Gasteiger partial charge on any atom is 0.271 e. The summed E-state index contributed by atoms with van der Waals surface area (Å²) in [6, 6.07) is 5.73. The van der Waals surface area contributed by atoms with Crippen molar-refractivity contribution < 1.29 is 27.4 Å². The number of methoxy groups -OCH3 is 3. The molecule has 0 unspecified atom stereocenters. The fraction of sp³-hybridized carbons (Fsp3) is 0.444. The summed E-state index contributed by atoms with van der Waals surface area (Å²) in [5, 5.41) is 6.97. The summed E-state index contributed by atoms with van der Waals surface area (Å²) < 4.78 is 45.0. The summed E-state index contributed by atoms with van der Waals surface area (Å²) in [5.74, 6) is 0.494. The summed E-state index contributed by atoms with van der Waals surface area (Å²) >= 11 is 0. The molecule has 1 aromatic carbocycles. The van der Waals surface area contributed by atoms with Crippen molar-refractivity contribution in [3.05, 3.63) is 35.7 Å². The minimum absolute atomic E-state index is 0.0814. The van der Waals surface area contributed by atoms with Crippen LogP contribution in [0.3, 0.4) is 0 Å². The average molecular weight is 424 g/mol. The number of nitrogens with zero attached hydrogens (tertiary/aromatic N) is 2. The Bertz CT molecular complexity index is 965. The van der Waals surface area contributed by atoms with Gasteiger partial charge in [-0.25, -0.2) is 13.1 Å². The van der Waals surface area contributed by atoms with E-state index in [1.807, 2.05) is 0 Å². The molecule has 1 aliphatic rings. The van der Waals surface area contributed by atoms with Gasteiger partial charge in [-0.3, -0.25) is 9.48 Å². The quantitative estimate of drug-likeness (QED) is 0.551. The van der Waals surface area contributed by atoms with Crippen molar-refractivity contribution in [2.75, 3.05) is 34.5 Å². The lowest BCUT2D eigenvalue weighted by Crippen LogP contribution is -2.36. The largest absolute Gasteiger partial charge is 0.493 e. The molecular formula is C18H24N4O6S. The predicted molar refractivity (Wildman–Crippen MR) is 104 cm³/mol. The Labute approximate surface area is 169 Å². The van der Waals surface area contributed by atoms with Crippen LogP contribution in [-0.2, 0) is 27.7 Å². The molecule has 0 radical (unpaired) electrons. The second kappa shape index (κ2) is 8.80. The highest BCUT2D eigenvalue weighted by atomic mass is 32.2. The number of carbonyl (C=O) groups is 1. The number of carbonyl (C=O) groups excluding carboxylic acids is 1. The van der Waals surface area contributed by atoms with Crippen LogP contribution in [0.25, 0.3) is 0 Å². The summed E-state index contributed by atoms with van der Waals surface area (Å²) in [6.07, 6.45) is 0.435. The first kappa shape index (κ1) is 21.1. The molecule has 2 heterocycles. The van der Waals surface area contributed by atoms with E-state index in [9.17, 15) is 13.2 Å². The van der Waals surface area contributed by atoms with Gasteiger partial charge in [-0.1, -0.05) is 0 Å². The Hall–Kier alpha value is -2.63. The molecule has 0 aliphatic carbocycles. The lowest BCUT2D eigenvalue weighted by atomic mass is 10.2. The van der Waals surface area contributed by atoms with Crippen LogP contribution in [0, 0.1) is 0 Å². The van der Waals surface area contributed by atoms with E-state index in [1.165, 1.54) is 26.4 Å². The van der Waals surface area contributed by atoms with Crippen LogP contribution in [0.1, 0.15) is 16.2 Å². The minimum atomic E-state index is -3.76. The number of fused-ring (bicyclic) bond motifs is 1. The smallest absolute Gasteiger partial charge is 0.271 e. The van der Waals surface area contributed by atoms with Gasteiger partial charge in [-0.2, -0.15) is 5.10 Å². The van der Waals surface area contributed by atoms with Gasteiger partial charge in [0.1, 0.15) is 5.69 Å². The van der Waals surface area contributed by atoms with E-state index in [0.717, 1.165) is 5.69 Å². The number of hydrogen-bond donors (Lipinski definition) is 2. The maximum atomic E-state index is 12.7. The highest BCUT2D eigenvalue weighted by Crippen LogP contribution is 2.29. The van der Waals surface area contributed by atoms with Crippen LogP contribution >= 0.6 is 0 Å². The lowest BCUT2D eigenvalue weighted by molar-refractivity contribution is 0.0931. The molecule has 2 aromatic rings. The van der Waals surface area contributed by atoms with Crippen LogP contribution in [0.5, 0.6) is 11.5 Å². The van der Waals surface area contributed by atoms with E-state index in [-0.39, 0.29) is 16.8 Å². The van der Waals surface area contributed by atoms with E-state index < -0.39 is 10.0 Å². The predicted octanol–water partition coefficient (Wildman–Crippen LogP) is 0.180. The number of ether oxygens (including phenoxy) is 3. The number of benzene rings is 1. The molecule has 0 saturated heterocycles. The topological polar surface area (TPSA) is 121 Å². The molecule has 2 N–H and O–H groups in total. The van der Waals surface area contributed by atoms with Crippen LogP contribution in [0.2, 0.25) is 0 Å². The summed E-state index contributed by atoms with van der Waals surface area (Å²) in [4.78, 5) is 12.1. The molecule has 1 aliphatic heterocycles. The molecule has 0 saturated carbocycles. The Kier molecular flexibility index (Phi) is 6.40. The monoisotopic (exact) mass is 424 g/mol. The van der Waals surface area contributed by atoms with E-state index in [4.69, 9.17) is 14.2 Å². The van der Waals surface area contributed by atoms with Gasteiger partial charge < -0.3 is 19.5 Å². The molecule has 1 aromatic heterocycles. The zero-order valence-corrected chi connectivity index (χ0v) is 17.3. The Balaban J connectivity index is 1.65. The fourth-order valence-electron chi connectivity index (χ4n) is 3.12. The van der Waals surface area contributed by atoms with Gasteiger partial charge in [0.2, 0.25) is 10.0 Å². The third-order valence-electron chi connectivity index (χ3n) is 4.52. The van der Waals surface area contributed by atoms with Crippen LogP contribution < -0.4 is 19.5 Å². The zero-order chi connectivity index (χ0) is 21.0. The summed E-state index contributed by atoms with van der Waals surface area (Å²) in [7, 11) is 0.725. The van der Waals surface area contributed by atoms with Crippen LogP contribution in [-0.4, -0.2) is 64.6 Å². The van der Waals surface area contributed by atoms with Crippen molar-refractivity contribution in [3.8, 4) is 11.5 Å². The van der Waals surface area contributed by atoms with Crippen molar-refractivity contribution in [2.45, 2.75) is 23.9 Å². The SMILES string of the molecule is COCCNC(=O)c1cc2n(n1)C[C@@H](NS(=O)(=O)c1ccc(OC)c(OC)c1)C2. The molecule has 11 heteroatoms. The molecule has 1 amide bonds. The van der Waals surface area contributed by atoms with Crippen molar-refractivity contribution in [1.29, 1.82) is 0 Å². The van der Waals surface area contributed by atoms with Crippen molar-refractivity contribution in [1.82, 2.24) is 19.8 Å². The number of nitrogens with one attached hydrogen (secondary N) is 2. The van der Waals surface area contributed by atoms with Gasteiger partial charge in [-0.15, -0.1) is 0 Å². The molecule has 0 spiro atoms. The van der Waals surface area contributed by atoms with Gasteiger partial charge in [0.15, 0.2) is 11.5 Å². The molecular weight excluding hydrogens is 400 g/mol. The first-order valence-electron chi connectivity index (χ1n) is 8.96. The average Bonchev–Trinajstić information content (AvgIpc) is 3.25. The number of amides is 1. The standard InChI is InChI=1S/C18H24N4O6S/c1-26-7-6-19-18(23)15-9-13-8-12(11-22(13)20-15)21-29(24,25)14-4-5-16(27-2)17(10-14)28-3/h4-5,9-10,12,21H,6-8,11H2,1-3H3,(H,19,23)/t12-/m0/s1. The molecule has 3 rings (SSSR count). The van der Waals surface area contributed by atoms with Gasteiger partial charge in [0, 0.05) is 37.9 Å². The van der Waals surface area contributed by atoms with E-state index in [2.05, 4.69) is 15.1 Å². The molecule has 158 valence electrons. The number of rotatable bonds is 9. The van der Waals surface area contributed by atoms with E-state index in [0.29, 0.717) is 43.3 Å². The third-order valence-corrected chi connectivity index (χ3v) is 6.04. The maximum absolute atomic E-state index is 12.7. The van der Waals surface area contributed by atoms with Crippen LogP contribution in [0.4, 0.5) is 0 Å². The molecule has 1 atom stereocenters. The van der Waals surface area contributed by atoms with Gasteiger partial charge in [0.25, 0.3) is 5.91 Å². The van der Waals surface area contributed by atoms with Crippen LogP contribution in [0.15, 0.2) is 29.2 Å². The van der Waals surface area contributed by atoms with Gasteiger partial charge >= 0.3 is 0 Å². The number of hydrogen-bond acceptors (Lipinski definition) is 7. The number of sulfonamides is 1. The first-order valence-corrected chi connectivity index (χ1v) is 10.4. The zero-order valence-electron chi connectivity index (χ0n) is 16.5. The molecule has 0 fully saturated rings. The van der Waals surface area contributed by atoms with Crippen molar-refractivity contribution in [2.24, 2.45) is 0 Å². The lowest BCUT2D eigenvalue weighted by Gasteiger charge is -2.14. The van der Waals surface area contributed by atoms with Gasteiger partial charge in [0.05, 0.1) is 32.3 Å². The second-order valence-corrected chi connectivity index (χ2v) is 8.20. The highest BCUT2D eigenvalue weighted by molar-refractivity contribution is 7.89. The van der Waals surface area contributed by atoms with Gasteiger partial charge in [-0.05, 0) is 18.2 Å². The molecule has 10 nitrogen and oxygen atoms in total. The van der Waals surface area contributed by atoms with Crippen molar-refractivity contribution >= 4 is 15.9 Å².